The quantitative estimate of drug-likeness (QED) is 0.304. The second-order valence-corrected chi connectivity index (χ2v) is 13.2. The van der Waals surface area contributed by atoms with Crippen LogP contribution < -0.4 is 9.62 Å². The Kier molecular flexibility index (Phi) is 10.3. The zero-order valence-electron chi connectivity index (χ0n) is 23.3. The van der Waals surface area contributed by atoms with Crippen LogP contribution in [-0.2, 0) is 32.6 Å². The van der Waals surface area contributed by atoms with Crippen molar-refractivity contribution in [2.75, 3.05) is 10.8 Å². The fourth-order valence-electron chi connectivity index (χ4n) is 4.06. The van der Waals surface area contributed by atoms with Crippen LogP contribution in [0, 0.1) is 0 Å². The first kappa shape index (κ1) is 31.5. The van der Waals surface area contributed by atoms with Gasteiger partial charge in [-0.3, -0.25) is 13.9 Å². The summed E-state index contributed by atoms with van der Waals surface area (Å²) in [6.45, 7) is 8.46. The normalized spacial score (nSPS) is 12.5. The summed E-state index contributed by atoms with van der Waals surface area (Å²) in [5, 5.41) is 3.55. The van der Waals surface area contributed by atoms with E-state index in [0.717, 1.165) is 16.3 Å². The summed E-state index contributed by atoms with van der Waals surface area (Å²) in [4.78, 5) is 28.6. The Labute approximate surface area is 247 Å². The number of hydrogen-bond donors (Lipinski definition) is 1. The number of nitrogens with zero attached hydrogens (tertiary/aromatic N) is 2. The van der Waals surface area contributed by atoms with Gasteiger partial charge in [0.2, 0.25) is 11.8 Å². The molecule has 0 aliphatic heterocycles. The topological polar surface area (TPSA) is 86.8 Å². The number of benzene rings is 3. The molecule has 3 aromatic carbocycles. The van der Waals surface area contributed by atoms with Gasteiger partial charge >= 0.3 is 0 Å². The highest BCUT2D eigenvalue weighted by molar-refractivity contribution is 7.92. The molecule has 0 saturated heterocycles. The van der Waals surface area contributed by atoms with Crippen molar-refractivity contribution in [3.05, 3.63) is 94.0 Å². The van der Waals surface area contributed by atoms with Gasteiger partial charge in [-0.15, -0.1) is 0 Å². The zero-order valence-corrected chi connectivity index (χ0v) is 25.6. The van der Waals surface area contributed by atoms with Gasteiger partial charge in [0.05, 0.1) is 10.6 Å². The molecule has 0 saturated carbocycles. The van der Waals surface area contributed by atoms with Crippen molar-refractivity contribution >= 4 is 50.7 Å². The van der Waals surface area contributed by atoms with E-state index in [4.69, 9.17) is 23.2 Å². The Morgan fingerprint density at radius 2 is 1.48 bits per heavy atom. The van der Waals surface area contributed by atoms with Crippen LogP contribution in [-0.4, -0.2) is 43.3 Å². The lowest BCUT2D eigenvalue weighted by molar-refractivity contribution is -0.140. The third kappa shape index (κ3) is 7.77. The molecule has 0 unspecified atom stereocenters. The molecule has 10 heteroatoms. The summed E-state index contributed by atoms with van der Waals surface area (Å²) in [5.41, 5.74) is 1.26. The third-order valence-electron chi connectivity index (χ3n) is 6.30. The zero-order chi connectivity index (χ0) is 29.7. The highest BCUT2D eigenvalue weighted by atomic mass is 35.5. The van der Waals surface area contributed by atoms with E-state index in [2.05, 4.69) is 5.32 Å². The molecule has 0 radical (unpaired) electrons. The van der Waals surface area contributed by atoms with Gasteiger partial charge < -0.3 is 10.2 Å². The number of halogens is 2. The minimum atomic E-state index is -4.13. The van der Waals surface area contributed by atoms with Gasteiger partial charge in [0.25, 0.3) is 10.0 Å². The predicted octanol–water partition coefficient (Wildman–Crippen LogP) is 6.08. The second-order valence-electron chi connectivity index (χ2n) is 10.5. The summed E-state index contributed by atoms with van der Waals surface area (Å²) >= 11 is 12.8. The smallest absolute Gasteiger partial charge is 0.264 e. The van der Waals surface area contributed by atoms with Crippen molar-refractivity contribution in [3.8, 4) is 0 Å². The van der Waals surface area contributed by atoms with Gasteiger partial charge in [0, 0.05) is 27.7 Å². The lowest BCUT2D eigenvalue weighted by Gasteiger charge is -2.34. The average molecular weight is 605 g/mol. The van der Waals surface area contributed by atoms with Crippen molar-refractivity contribution in [1.82, 2.24) is 10.2 Å². The number of carbonyl (C=O) groups is 2. The van der Waals surface area contributed by atoms with Gasteiger partial charge in [-0.05, 0) is 76.1 Å². The highest BCUT2D eigenvalue weighted by Gasteiger charge is 2.34. The van der Waals surface area contributed by atoms with E-state index in [1.807, 2.05) is 39.8 Å². The summed E-state index contributed by atoms with van der Waals surface area (Å²) in [6.07, 6.45) is 0.775. The maximum Gasteiger partial charge on any atom is 0.264 e. The minimum Gasteiger partial charge on any atom is -0.350 e. The van der Waals surface area contributed by atoms with Crippen molar-refractivity contribution in [1.29, 1.82) is 0 Å². The Morgan fingerprint density at radius 3 is 2.00 bits per heavy atom. The van der Waals surface area contributed by atoms with Crippen LogP contribution in [0.4, 0.5) is 5.69 Å². The van der Waals surface area contributed by atoms with Gasteiger partial charge in [0.1, 0.15) is 12.6 Å². The second kappa shape index (κ2) is 13.1. The van der Waals surface area contributed by atoms with Crippen LogP contribution in [0.5, 0.6) is 0 Å². The molecule has 0 aliphatic carbocycles. The van der Waals surface area contributed by atoms with Crippen LogP contribution in [0.25, 0.3) is 0 Å². The van der Waals surface area contributed by atoms with Crippen LogP contribution in [0.15, 0.2) is 77.7 Å². The Hall–Kier alpha value is -3.07. The Morgan fingerprint density at radius 1 is 0.900 bits per heavy atom. The molecular weight excluding hydrogens is 569 g/mol. The van der Waals surface area contributed by atoms with Gasteiger partial charge in [-0.1, -0.05) is 66.5 Å². The van der Waals surface area contributed by atoms with Gasteiger partial charge in [-0.25, -0.2) is 8.42 Å². The highest BCUT2D eigenvalue weighted by Crippen LogP contribution is 2.28. The molecule has 40 heavy (non-hydrogen) atoms. The number of anilines is 1. The number of sulfonamides is 1. The van der Waals surface area contributed by atoms with Crippen molar-refractivity contribution in [2.24, 2.45) is 0 Å². The molecule has 0 bridgehead atoms. The Balaban J connectivity index is 2.07. The SMILES string of the molecule is CCc1ccc(N(CC(=O)N(Cc2c(Cl)cccc2Cl)[C@H](C)C(=O)NC(C)(C)C)S(=O)(=O)c2ccccc2)cc1. The summed E-state index contributed by atoms with van der Waals surface area (Å²) in [7, 11) is -4.13. The van der Waals surface area contributed by atoms with Crippen LogP contribution in [0.2, 0.25) is 10.0 Å². The molecule has 0 heterocycles. The first-order valence-electron chi connectivity index (χ1n) is 13.0. The average Bonchev–Trinajstić information content (AvgIpc) is 2.90. The lowest BCUT2D eigenvalue weighted by atomic mass is 10.1. The number of carbonyl (C=O) groups excluding carboxylic acids is 2. The molecule has 0 aromatic heterocycles. The van der Waals surface area contributed by atoms with Crippen molar-refractivity contribution < 1.29 is 18.0 Å². The molecule has 2 amide bonds. The first-order chi connectivity index (χ1) is 18.7. The maximum atomic E-state index is 14.0. The molecule has 214 valence electrons. The summed E-state index contributed by atoms with van der Waals surface area (Å²) < 4.78 is 28.7. The molecule has 1 atom stereocenters. The molecule has 0 spiro atoms. The predicted molar refractivity (Wildman–Crippen MR) is 161 cm³/mol. The van der Waals surface area contributed by atoms with E-state index in [1.54, 1.807) is 55.5 Å². The van der Waals surface area contributed by atoms with Crippen LogP contribution in [0.1, 0.15) is 45.7 Å². The molecule has 3 aromatic rings. The van der Waals surface area contributed by atoms with Crippen molar-refractivity contribution in [3.63, 3.8) is 0 Å². The number of nitrogens with one attached hydrogen (secondary N) is 1. The monoisotopic (exact) mass is 603 g/mol. The number of aryl methyl sites for hydroxylation is 1. The van der Waals surface area contributed by atoms with Crippen molar-refractivity contribution in [2.45, 2.75) is 64.1 Å². The van der Waals surface area contributed by atoms with E-state index in [0.29, 0.717) is 21.3 Å². The van der Waals surface area contributed by atoms with E-state index in [9.17, 15) is 18.0 Å². The minimum absolute atomic E-state index is 0.0431. The van der Waals surface area contributed by atoms with Crippen LogP contribution >= 0.6 is 23.2 Å². The fourth-order valence-corrected chi connectivity index (χ4v) is 6.01. The summed E-state index contributed by atoms with van der Waals surface area (Å²) in [6, 6.07) is 19.0. The standard InChI is InChI=1S/C30H35Cl2N3O4S/c1-6-22-15-17-23(18-16-22)35(40(38,39)24-11-8-7-9-12-24)20-28(36)34(21(2)29(37)33-30(3,4)5)19-25-26(31)13-10-14-27(25)32/h7-18,21H,6,19-20H2,1-5H3,(H,33,37)/t21-/m1/s1. The fraction of sp³-hybridized carbons (Fsp3) is 0.333. The van der Waals surface area contributed by atoms with E-state index >= 15 is 0 Å². The van der Waals surface area contributed by atoms with Gasteiger partial charge in [0.15, 0.2) is 0 Å². The lowest BCUT2D eigenvalue weighted by Crippen LogP contribution is -2.54. The van der Waals surface area contributed by atoms with E-state index in [1.165, 1.54) is 17.0 Å². The Bertz CT molecular complexity index is 1420. The van der Waals surface area contributed by atoms with E-state index in [-0.39, 0.29) is 11.4 Å². The molecule has 3 rings (SSSR count). The maximum absolute atomic E-state index is 14.0. The molecule has 7 nitrogen and oxygen atoms in total. The number of rotatable bonds is 10. The van der Waals surface area contributed by atoms with Crippen LogP contribution in [0.3, 0.4) is 0 Å². The first-order valence-corrected chi connectivity index (χ1v) is 15.1. The molecule has 1 N–H and O–H groups in total. The largest absolute Gasteiger partial charge is 0.350 e. The molecular formula is C30H35Cl2N3O4S. The number of hydrogen-bond acceptors (Lipinski definition) is 4. The summed E-state index contributed by atoms with van der Waals surface area (Å²) in [5.74, 6) is -0.986. The van der Waals surface area contributed by atoms with Gasteiger partial charge in [-0.2, -0.15) is 0 Å². The number of amides is 2. The third-order valence-corrected chi connectivity index (χ3v) is 8.79. The molecule has 0 fully saturated rings. The van der Waals surface area contributed by atoms with E-state index < -0.39 is 40.0 Å². The molecule has 0 aliphatic rings.